The fourth-order valence-corrected chi connectivity index (χ4v) is 2.33. The Hall–Kier alpha value is -1.86. The third kappa shape index (κ3) is 3.00. The Morgan fingerprint density at radius 1 is 0.950 bits per heavy atom. The van der Waals surface area contributed by atoms with E-state index in [-0.39, 0.29) is 11.1 Å². The van der Waals surface area contributed by atoms with E-state index in [1.165, 1.54) is 30.3 Å². The molecule has 0 heterocycles. The molecule has 0 aromatic heterocycles. The lowest BCUT2D eigenvalue weighted by atomic mass is 9.99. The fourth-order valence-electron chi connectivity index (χ4n) is 1.81. The first-order chi connectivity index (χ1) is 9.19. The molecule has 0 saturated heterocycles. The van der Waals surface area contributed by atoms with Gasteiger partial charge in [0.15, 0.2) is 0 Å². The first kappa shape index (κ1) is 14.5. The van der Waals surface area contributed by atoms with Gasteiger partial charge in [-0.05, 0) is 29.3 Å². The smallest absolute Gasteiger partial charge is 0.282 e. The van der Waals surface area contributed by atoms with E-state index < -0.39 is 26.8 Å². The lowest BCUT2D eigenvalue weighted by molar-refractivity contribution is -0.137. The summed E-state index contributed by atoms with van der Waals surface area (Å²) in [5.41, 5.74) is -0.953. The van der Waals surface area contributed by atoms with Gasteiger partial charge in [0.1, 0.15) is 0 Å². The Labute approximate surface area is 113 Å². The van der Waals surface area contributed by atoms with E-state index in [0.717, 1.165) is 18.2 Å². The summed E-state index contributed by atoms with van der Waals surface area (Å²) in [6, 6.07) is 9.55. The van der Waals surface area contributed by atoms with Crippen molar-refractivity contribution in [2.45, 2.75) is 11.1 Å². The van der Waals surface area contributed by atoms with E-state index in [0.29, 0.717) is 0 Å². The molecule has 1 N–H and O–H groups in total. The van der Waals surface area contributed by atoms with Crippen molar-refractivity contribution in [3.63, 3.8) is 0 Å². The van der Waals surface area contributed by atoms with Gasteiger partial charge >= 0.3 is 6.18 Å². The SMILES string of the molecule is O=S(=O)(O)c1cccc(-c2ccccc2C(F)(F)F)c1. The summed E-state index contributed by atoms with van der Waals surface area (Å²) in [6.07, 6.45) is -4.55. The second kappa shape index (κ2) is 4.92. The van der Waals surface area contributed by atoms with Crippen molar-refractivity contribution < 1.29 is 26.1 Å². The molecule has 106 valence electrons. The molecule has 0 amide bonds. The maximum absolute atomic E-state index is 12.9. The summed E-state index contributed by atoms with van der Waals surface area (Å²) in [6.45, 7) is 0. The van der Waals surface area contributed by atoms with Gasteiger partial charge in [0.2, 0.25) is 0 Å². The van der Waals surface area contributed by atoms with Crippen LogP contribution >= 0.6 is 0 Å². The summed E-state index contributed by atoms with van der Waals surface area (Å²) in [5, 5.41) is 0. The Morgan fingerprint density at radius 2 is 1.60 bits per heavy atom. The first-order valence-corrected chi connectivity index (χ1v) is 6.88. The molecule has 0 aliphatic carbocycles. The average molecular weight is 302 g/mol. The van der Waals surface area contributed by atoms with Crippen LogP contribution in [0.1, 0.15) is 5.56 Å². The number of rotatable bonds is 2. The van der Waals surface area contributed by atoms with E-state index in [2.05, 4.69) is 0 Å². The lowest BCUT2D eigenvalue weighted by Gasteiger charge is -2.13. The maximum atomic E-state index is 12.9. The quantitative estimate of drug-likeness (QED) is 0.862. The predicted molar refractivity (Wildman–Crippen MR) is 66.7 cm³/mol. The standard InChI is InChI=1S/C13H9F3O3S/c14-13(15,16)12-7-2-1-6-11(12)9-4-3-5-10(8-9)20(17,18)19/h1-8H,(H,17,18,19). The van der Waals surface area contributed by atoms with Crippen LogP contribution in [0, 0.1) is 0 Å². The topological polar surface area (TPSA) is 54.4 Å². The van der Waals surface area contributed by atoms with Gasteiger partial charge in [-0.3, -0.25) is 4.55 Å². The number of benzene rings is 2. The van der Waals surface area contributed by atoms with Crippen molar-refractivity contribution >= 4 is 10.1 Å². The Kier molecular flexibility index (Phi) is 3.58. The van der Waals surface area contributed by atoms with Crippen molar-refractivity contribution in [2.75, 3.05) is 0 Å². The molecule has 2 aromatic rings. The van der Waals surface area contributed by atoms with Crippen molar-refractivity contribution in [1.29, 1.82) is 0 Å². The number of alkyl halides is 3. The van der Waals surface area contributed by atoms with Gasteiger partial charge in [0.25, 0.3) is 10.1 Å². The highest BCUT2D eigenvalue weighted by atomic mass is 32.2. The van der Waals surface area contributed by atoms with Gasteiger partial charge in [-0.25, -0.2) is 0 Å². The van der Waals surface area contributed by atoms with Crippen LogP contribution in [0.5, 0.6) is 0 Å². The molecule has 0 fully saturated rings. The van der Waals surface area contributed by atoms with Crippen LogP contribution in [-0.4, -0.2) is 13.0 Å². The molecular weight excluding hydrogens is 293 g/mol. The minimum atomic E-state index is -4.55. The van der Waals surface area contributed by atoms with Gasteiger partial charge in [-0.1, -0.05) is 30.3 Å². The first-order valence-electron chi connectivity index (χ1n) is 5.44. The highest BCUT2D eigenvalue weighted by molar-refractivity contribution is 7.85. The van der Waals surface area contributed by atoms with Crippen LogP contribution in [0.4, 0.5) is 13.2 Å². The Bertz CT molecular complexity index is 737. The van der Waals surface area contributed by atoms with Gasteiger partial charge in [-0.15, -0.1) is 0 Å². The molecule has 0 atom stereocenters. The summed E-state index contributed by atoms with van der Waals surface area (Å²) < 4.78 is 69.7. The summed E-state index contributed by atoms with van der Waals surface area (Å²) in [5.74, 6) is 0. The van der Waals surface area contributed by atoms with Crippen LogP contribution in [0.25, 0.3) is 11.1 Å². The van der Waals surface area contributed by atoms with E-state index in [1.54, 1.807) is 0 Å². The van der Waals surface area contributed by atoms with Crippen molar-refractivity contribution in [2.24, 2.45) is 0 Å². The van der Waals surface area contributed by atoms with Gasteiger partial charge in [-0.2, -0.15) is 21.6 Å². The van der Waals surface area contributed by atoms with Crippen LogP contribution in [0.15, 0.2) is 53.4 Å². The zero-order valence-electron chi connectivity index (χ0n) is 9.92. The van der Waals surface area contributed by atoms with Crippen molar-refractivity contribution in [3.8, 4) is 11.1 Å². The normalized spacial score (nSPS) is 12.4. The molecule has 0 unspecified atom stereocenters. The highest BCUT2D eigenvalue weighted by Crippen LogP contribution is 2.37. The monoisotopic (exact) mass is 302 g/mol. The fraction of sp³-hybridized carbons (Fsp3) is 0.0769. The molecule has 7 heteroatoms. The van der Waals surface area contributed by atoms with Gasteiger partial charge in [0.05, 0.1) is 10.5 Å². The highest BCUT2D eigenvalue weighted by Gasteiger charge is 2.33. The van der Waals surface area contributed by atoms with Crippen LogP contribution < -0.4 is 0 Å². The Morgan fingerprint density at radius 3 is 2.20 bits per heavy atom. The van der Waals surface area contributed by atoms with Crippen LogP contribution in [-0.2, 0) is 16.3 Å². The third-order valence-electron chi connectivity index (χ3n) is 2.68. The second-order valence-corrected chi connectivity index (χ2v) is 5.47. The molecule has 0 bridgehead atoms. The molecule has 2 aromatic carbocycles. The summed E-state index contributed by atoms with van der Waals surface area (Å²) in [4.78, 5) is -0.452. The molecule has 20 heavy (non-hydrogen) atoms. The van der Waals surface area contributed by atoms with Gasteiger partial charge < -0.3 is 0 Å². The molecule has 0 radical (unpaired) electrons. The predicted octanol–water partition coefficient (Wildman–Crippen LogP) is 3.62. The molecule has 0 saturated carbocycles. The molecular formula is C13H9F3O3S. The summed E-state index contributed by atoms with van der Waals surface area (Å²) in [7, 11) is -4.46. The molecule has 0 aliphatic heterocycles. The van der Waals surface area contributed by atoms with Crippen molar-refractivity contribution in [1.82, 2.24) is 0 Å². The van der Waals surface area contributed by atoms with Crippen LogP contribution in [0.3, 0.4) is 0 Å². The van der Waals surface area contributed by atoms with E-state index in [4.69, 9.17) is 4.55 Å². The van der Waals surface area contributed by atoms with E-state index in [9.17, 15) is 21.6 Å². The third-order valence-corrected chi connectivity index (χ3v) is 3.53. The molecule has 0 spiro atoms. The molecule has 0 aliphatic rings. The largest absolute Gasteiger partial charge is 0.417 e. The van der Waals surface area contributed by atoms with E-state index >= 15 is 0 Å². The van der Waals surface area contributed by atoms with E-state index in [1.807, 2.05) is 0 Å². The lowest BCUT2D eigenvalue weighted by Crippen LogP contribution is -2.07. The van der Waals surface area contributed by atoms with Crippen molar-refractivity contribution in [3.05, 3.63) is 54.1 Å². The zero-order chi connectivity index (χ0) is 15.0. The molecule has 2 rings (SSSR count). The summed E-state index contributed by atoms with van der Waals surface area (Å²) >= 11 is 0. The number of hydrogen-bond acceptors (Lipinski definition) is 2. The minimum absolute atomic E-state index is 0.0630. The van der Waals surface area contributed by atoms with Crippen LogP contribution in [0.2, 0.25) is 0 Å². The van der Waals surface area contributed by atoms with Gasteiger partial charge in [0, 0.05) is 0 Å². The zero-order valence-corrected chi connectivity index (χ0v) is 10.7. The average Bonchev–Trinajstić information content (AvgIpc) is 2.37. The minimum Gasteiger partial charge on any atom is -0.282 e. The second-order valence-electron chi connectivity index (χ2n) is 4.05. The Balaban J connectivity index is 2.65. The number of halogens is 3. The molecule has 3 nitrogen and oxygen atoms in total. The number of hydrogen-bond donors (Lipinski definition) is 1. The maximum Gasteiger partial charge on any atom is 0.417 e.